The molecule has 4 heterocycles. The molecule has 0 atom stereocenters. The summed E-state index contributed by atoms with van der Waals surface area (Å²) in [7, 11) is -4.16. The molecule has 0 amide bonds. The predicted molar refractivity (Wildman–Crippen MR) is 220 cm³/mol. The van der Waals surface area contributed by atoms with Crippen molar-refractivity contribution in [1.29, 1.82) is 0 Å². The summed E-state index contributed by atoms with van der Waals surface area (Å²) in [6.07, 6.45) is 20.7. The molecule has 4 saturated heterocycles. The van der Waals surface area contributed by atoms with Gasteiger partial charge in [0.15, 0.2) is 10.2 Å². The molecule has 0 aromatic rings. The number of hydrogen-bond donors (Lipinski definition) is 2. The van der Waals surface area contributed by atoms with E-state index in [1.807, 2.05) is 0 Å². The Morgan fingerprint density at radius 1 is 0.438 bits per heavy atom. The molecule has 278 valence electrons. The van der Waals surface area contributed by atoms with Crippen molar-refractivity contribution in [3.8, 4) is 0 Å². The summed E-state index contributed by atoms with van der Waals surface area (Å²) in [5.74, 6) is 0. The maximum atomic E-state index is 6.09. The van der Waals surface area contributed by atoms with Gasteiger partial charge in [0.2, 0.25) is 0 Å². The van der Waals surface area contributed by atoms with Gasteiger partial charge in [-0.1, -0.05) is 92.9 Å². The largest absolute Gasteiger partial charge is 0.359 e. The van der Waals surface area contributed by atoms with Crippen LogP contribution >= 0.6 is 39.1 Å². The molecule has 0 bridgehead atoms. The van der Waals surface area contributed by atoms with E-state index in [0.29, 0.717) is 23.3 Å². The summed E-state index contributed by atoms with van der Waals surface area (Å²) in [4.78, 5) is 0. The molecule has 0 spiro atoms. The van der Waals surface area contributed by atoms with Gasteiger partial charge in [-0.2, -0.15) is 0 Å². The van der Waals surface area contributed by atoms with Crippen molar-refractivity contribution >= 4 is 49.4 Å². The van der Waals surface area contributed by atoms with Crippen molar-refractivity contribution in [2.75, 3.05) is 65.4 Å². The number of nitrogens with zero attached hydrogens (tertiary/aromatic N) is 6. The zero-order chi connectivity index (χ0) is 34.7. The summed E-state index contributed by atoms with van der Waals surface area (Å²) in [6, 6.07) is 0. The van der Waals surface area contributed by atoms with Crippen LogP contribution in [-0.2, 0) is 0 Å². The van der Waals surface area contributed by atoms with Gasteiger partial charge in [0, 0.05) is 75.8 Å². The summed E-state index contributed by atoms with van der Waals surface area (Å²) < 4.78 is 22.5. The van der Waals surface area contributed by atoms with Gasteiger partial charge in [0.05, 0.1) is 0 Å². The van der Waals surface area contributed by atoms with E-state index in [-0.39, 0.29) is 10.3 Å². The van der Waals surface area contributed by atoms with Crippen LogP contribution in [0.4, 0.5) is 0 Å². The van der Waals surface area contributed by atoms with Crippen LogP contribution in [0.1, 0.15) is 144 Å². The van der Waals surface area contributed by atoms with E-state index in [1.165, 1.54) is 103 Å². The first-order chi connectivity index (χ1) is 22.9. The van der Waals surface area contributed by atoms with Crippen molar-refractivity contribution in [3.63, 3.8) is 0 Å². The first kappa shape index (κ1) is 40.8. The molecule has 4 aliphatic heterocycles. The quantitative estimate of drug-likeness (QED) is 0.152. The van der Waals surface area contributed by atoms with Crippen LogP contribution in [0.2, 0.25) is 0 Å². The Hall–Kier alpha value is 0.0800. The monoisotopic (exact) mass is 742 g/mol. The molecule has 12 heteroatoms. The van der Waals surface area contributed by atoms with E-state index in [0.717, 1.165) is 52.4 Å². The minimum Gasteiger partial charge on any atom is -0.359 e. The highest BCUT2D eigenvalue weighted by Crippen LogP contribution is 2.68. The molecule has 0 unspecified atom stereocenters. The Kier molecular flexibility index (Phi) is 16.4. The maximum absolute atomic E-state index is 6.09. The molecule has 8 nitrogen and oxygen atoms in total. The van der Waals surface area contributed by atoms with E-state index >= 15 is 0 Å². The summed E-state index contributed by atoms with van der Waals surface area (Å²) in [5, 5.41) is 8.53. The normalized spacial score (nSPS) is 22.9. The predicted octanol–water partition coefficient (Wildman–Crippen LogP) is 9.90. The fourth-order valence-corrected chi connectivity index (χ4v) is 18.7. The van der Waals surface area contributed by atoms with Gasteiger partial charge in [-0.15, -0.1) is 0 Å². The smallest absolute Gasteiger partial charge is 0.193 e. The third kappa shape index (κ3) is 10.4. The minimum atomic E-state index is -2.08. The zero-order valence-corrected chi connectivity index (χ0v) is 35.2. The number of rotatable bonds is 7. The van der Waals surface area contributed by atoms with Crippen LogP contribution in [0.3, 0.4) is 0 Å². The highest BCUT2D eigenvalue weighted by molar-refractivity contribution is 7.81. The van der Waals surface area contributed by atoms with Crippen molar-refractivity contribution in [2.45, 2.75) is 155 Å². The third-order valence-corrected chi connectivity index (χ3v) is 20.9. The van der Waals surface area contributed by atoms with Crippen LogP contribution < -0.4 is 10.6 Å². The standard InChI is InChI=1S/C36H72N8P2S2/c1-35(2,3)45(41-25-15-7-8-16-26-41,42-27-17-9-10-18-28-42)39-33(47)37-23-24-38-34(48)40-46(36(4,5)6,43-29-19-11-12-20-30-43)44-31-21-13-14-22-32-44/h7-32H2,1-6H3,(H,37,47)(H,38,48). The second-order valence-electron chi connectivity index (χ2n) is 16.6. The van der Waals surface area contributed by atoms with Crippen LogP contribution in [0.15, 0.2) is 9.49 Å². The van der Waals surface area contributed by atoms with Crippen molar-refractivity contribution in [3.05, 3.63) is 0 Å². The van der Waals surface area contributed by atoms with Gasteiger partial charge >= 0.3 is 0 Å². The van der Waals surface area contributed by atoms with Crippen LogP contribution in [0.5, 0.6) is 0 Å². The van der Waals surface area contributed by atoms with Gasteiger partial charge in [-0.3, -0.25) is 18.7 Å². The summed E-state index contributed by atoms with van der Waals surface area (Å²) in [5.41, 5.74) is 0. The average Bonchev–Trinajstić information content (AvgIpc) is 3.65. The fraction of sp³-hybridized carbons (Fsp3) is 0.944. The molecule has 2 N–H and O–H groups in total. The lowest BCUT2D eigenvalue weighted by Gasteiger charge is -2.51. The zero-order valence-electron chi connectivity index (χ0n) is 31.8. The molecular weight excluding hydrogens is 671 g/mol. The average molecular weight is 743 g/mol. The SMILES string of the molecule is CC(C)(C)P(=NC(=S)NCCNC(=S)N=P(N1CCCCCC1)(N1CCCCCC1)C(C)(C)C)(N1CCCCCC1)N1CCCCCC1. The lowest BCUT2D eigenvalue weighted by molar-refractivity contribution is 0.368. The number of thiocarbonyl (C=S) groups is 2. The van der Waals surface area contributed by atoms with Crippen LogP contribution in [0.25, 0.3) is 0 Å². The second-order valence-corrected chi connectivity index (χ2v) is 25.0. The molecule has 48 heavy (non-hydrogen) atoms. The van der Waals surface area contributed by atoms with E-state index in [9.17, 15) is 0 Å². The Morgan fingerprint density at radius 3 is 0.833 bits per heavy atom. The molecule has 4 fully saturated rings. The highest BCUT2D eigenvalue weighted by atomic mass is 32.1. The lowest BCUT2D eigenvalue weighted by Crippen LogP contribution is -2.43. The van der Waals surface area contributed by atoms with Crippen molar-refractivity contribution in [1.82, 2.24) is 29.3 Å². The first-order valence-electron chi connectivity index (χ1n) is 19.7. The Morgan fingerprint density at radius 2 is 0.646 bits per heavy atom. The van der Waals surface area contributed by atoms with Crippen molar-refractivity contribution in [2.24, 2.45) is 9.49 Å². The van der Waals surface area contributed by atoms with Gasteiger partial charge < -0.3 is 10.6 Å². The molecule has 0 aromatic heterocycles. The van der Waals surface area contributed by atoms with Gasteiger partial charge in [-0.05, 0) is 75.8 Å². The fourth-order valence-electron chi connectivity index (χ4n) is 8.60. The number of hydrogen-bond acceptors (Lipinski definition) is 2. The molecule has 4 rings (SSSR count). The lowest BCUT2D eigenvalue weighted by atomic mass is 10.2. The highest BCUT2D eigenvalue weighted by Gasteiger charge is 2.46. The minimum absolute atomic E-state index is 0.0206. The summed E-state index contributed by atoms with van der Waals surface area (Å²) >= 11 is 12.2. The molecule has 0 saturated carbocycles. The van der Waals surface area contributed by atoms with Gasteiger partial charge in [0.25, 0.3) is 0 Å². The summed E-state index contributed by atoms with van der Waals surface area (Å²) in [6.45, 7) is 25.0. The van der Waals surface area contributed by atoms with Gasteiger partial charge in [-0.25, -0.2) is 9.49 Å². The topological polar surface area (TPSA) is 61.7 Å². The van der Waals surface area contributed by atoms with Crippen LogP contribution in [0, 0.1) is 0 Å². The maximum Gasteiger partial charge on any atom is 0.193 e. The molecular formula is C36H72N8P2S2. The molecule has 4 aliphatic rings. The van der Waals surface area contributed by atoms with Crippen molar-refractivity contribution < 1.29 is 0 Å². The first-order valence-corrected chi connectivity index (χ1v) is 23.9. The molecule has 0 aliphatic carbocycles. The van der Waals surface area contributed by atoms with Gasteiger partial charge in [0.1, 0.15) is 14.7 Å². The molecule has 0 radical (unpaired) electrons. The van der Waals surface area contributed by atoms with Crippen LogP contribution in [-0.4, -0.2) is 105 Å². The Labute approximate surface area is 307 Å². The Balaban J connectivity index is 1.54. The Bertz CT molecular complexity index is 980. The van der Waals surface area contributed by atoms with E-state index in [1.54, 1.807) is 0 Å². The second kappa shape index (κ2) is 19.2. The van der Waals surface area contributed by atoms with E-state index < -0.39 is 14.7 Å². The number of nitrogens with one attached hydrogen (secondary N) is 2. The van der Waals surface area contributed by atoms with E-state index in [2.05, 4.69) is 70.9 Å². The third-order valence-electron chi connectivity index (χ3n) is 10.8. The van der Waals surface area contributed by atoms with E-state index in [4.69, 9.17) is 33.9 Å². The molecule has 0 aromatic carbocycles.